The zero-order valence-corrected chi connectivity index (χ0v) is 19.1. The second-order valence-corrected chi connectivity index (χ2v) is 8.67. The van der Waals surface area contributed by atoms with E-state index in [0.717, 1.165) is 22.3 Å². The standard InChI is InChI=1S/C24H24N8O2/c1-14(2)12-32-22-20(23(33)26-24(32)34)31(15(3)25-22)13-16-8-10-17(11-9-16)18-6-4-5-7-19(18)21-27-29-30-28-21/h4-11,14H,12-13H2,1-3H3,(H,26,33,34)(H,27,28,29,30). The minimum Gasteiger partial charge on any atom is -0.318 e. The summed E-state index contributed by atoms with van der Waals surface area (Å²) in [6.45, 7) is 6.83. The van der Waals surface area contributed by atoms with Gasteiger partial charge in [0.25, 0.3) is 5.56 Å². The van der Waals surface area contributed by atoms with E-state index in [2.05, 4.69) is 30.6 Å². The highest BCUT2D eigenvalue weighted by Crippen LogP contribution is 2.30. The van der Waals surface area contributed by atoms with Crippen molar-refractivity contribution in [2.24, 2.45) is 5.92 Å². The van der Waals surface area contributed by atoms with Crippen molar-refractivity contribution in [2.45, 2.75) is 33.9 Å². The number of aromatic nitrogens is 8. The zero-order valence-electron chi connectivity index (χ0n) is 19.1. The molecule has 0 amide bonds. The predicted molar refractivity (Wildman–Crippen MR) is 128 cm³/mol. The molecule has 5 aromatic rings. The molecular formula is C24H24N8O2. The molecule has 3 heterocycles. The summed E-state index contributed by atoms with van der Waals surface area (Å²) < 4.78 is 3.40. The van der Waals surface area contributed by atoms with Gasteiger partial charge in [0, 0.05) is 18.7 Å². The van der Waals surface area contributed by atoms with Crippen LogP contribution in [0.1, 0.15) is 25.2 Å². The summed E-state index contributed by atoms with van der Waals surface area (Å²) in [4.78, 5) is 32.1. The third kappa shape index (κ3) is 3.83. The van der Waals surface area contributed by atoms with E-state index in [9.17, 15) is 9.59 Å². The van der Waals surface area contributed by atoms with E-state index in [-0.39, 0.29) is 5.92 Å². The van der Waals surface area contributed by atoms with E-state index in [1.165, 1.54) is 0 Å². The molecule has 2 aromatic carbocycles. The molecule has 0 radical (unpaired) electrons. The van der Waals surface area contributed by atoms with Crippen LogP contribution >= 0.6 is 0 Å². The van der Waals surface area contributed by atoms with Gasteiger partial charge in [0.1, 0.15) is 5.82 Å². The van der Waals surface area contributed by atoms with E-state index < -0.39 is 11.2 Å². The number of nitrogens with one attached hydrogen (secondary N) is 2. The average Bonchev–Trinajstić information content (AvgIpc) is 3.46. The van der Waals surface area contributed by atoms with Crippen LogP contribution in [0, 0.1) is 12.8 Å². The summed E-state index contributed by atoms with van der Waals surface area (Å²) >= 11 is 0. The van der Waals surface area contributed by atoms with E-state index in [1.807, 2.05) is 73.9 Å². The van der Waals surface area contributed by atoms with Gasteiger partial charge in [0.2, 0.25) is 0 Å². The Morgan fingerprint density at radius 1 is 0.971 bits per heavy atom. The van der Waals surface area contributed by atoms with E-state index in [1.54, 1.807) is 4.57 Å². The van der Waals surface area contributed by atoms with Crippen molar-refractivity contribution < 1.29 is 0 Å². The average molecular weight is 457 g/mol. The Morgan fingerprint density at radius 2 is 1.71 bits per heavy atom. The van der Waals surface area contributed by atoms with Crippen LogP contribution in [-0.4, -0.2) is 39.7 Å². The number of hydrogen-bond donors (Lipinski definition) is 2. The lowest BCUT2D eigenvalue weighted by molar-refractivity contribution is 0.513. The first-order valence-electron chi connectivity index (χ1n) is 11.0. The van der Waals surface area contributed by atoms with Crippen molar-refractivity contribution >= 4 is 11.2 Å². The van der Waals surface area contributed by atoms with Gasteiger partial charge < -0.3 is 4.57 Å². The number of aryl methyl sites for hydroxylation is 1. The summed E-state index contributed by atoms with van der Waals surface area (Å²) in [5, 5.41) is 14.2. The molecule has 3 aromatic heterocycles. The number of aromatic amines is 2. The van der Waals surface area contributed by atoms with Gasteiger partial charge in [0.15, 0.2) is 17.0 Å². The SMILES string of the molecule is Cc1nc2c(c(=O)[nH]c(=O)n2CC(C)C)n1Cc1ccc(-c2ccccc2-c2nnn[nH]2)cc1. The minimum absolute atomic E-state index is 0.237. The Bertz CT molecular complexity index is 1570. The molecule has 0 bridgehead atoms. The van der Waals surface area contributed by atoms with Gasteiger partial charge in [0.05, 0.1) is 0 Å². The largest absolute Gasteiger partial charge is 0.330 e. The van der Waals surface area contributed by atoms with Gasteiger partial charge in [-0.05, 0) is 40.0 Å². The molecule has 0 saturated heterocycles. The van der Waals surface area contributed by atoms with Crippen LogP contribution in [0.3, 0.4) is 0 Å². The molecular weight excluding hydrogens is 432 g/mol. The lowest BCUT2D eigenvalue weighted by atomic mass is 9.98. The number of hydrogen-bond acceptors (Lipinski definition) is 6. The molecule has 10 nitrogen and oxygen atoms in total. The lowest BCUT2D eigenvalue weighted by Crippen LogP contribution is -2.32. The summed E-state index contributed by atoms with van der Waals surface area (Å²) in [7, 11) is 0. The summed E-state index contributed by atoms with van der Waals surface area (Å²) in [5.41, 5.74) is 3.92. The highest BCUT2D eigenvalue weighted by Gasteiger charge is 2.17. The van der Waals surface area contributed by atoms with Crippen LogP contribution in [0.2, 0.25) is 0 Å². The highest BCUT2D eigenvalue weighted by molar-refractivity contribution is 5.80. The molecule has 0 aliphatic rings. The van der Waals surface area contributed by atoms with E-state index in [4.69, 9.17) is 0 Å². The molecule has 34 heavy (non-hydrogen) atoms. The van der Waals surface area contributed by atoms with Crippen LogP contribution < -0.4 is 11.2 Å². The quantitative estimate of drug-likeness (QED) is 0.404. The third-order valence-corrected chi connectivity index (χ3v) is 5.76. The zero-order chi connectivity index (χ0) is 23.8. The second-order valence-electron chi connectivity index (χ2n) is 8.67. The molecule has 0 aliphatic heterocycles. The minimum atomic E-state index is -0.430. The smallest absolute Gasteiger partial charge is 0.318 e. The molecule has 0 aliphatic carbocycles. The van der Waals surface area contributed by atoms with Crippen molar-refractivity contribution in [1.82, 2.24) is 39.7 Å². The van der Waals surface area contributed by atoms with E-state index in [0.29, 0.717) is 35.9 Å². The van der Waals surface area contributed by atoms with Crippen LogP contribution in [-0.2, 0) is 13.1 Å². The van der Waals surface area contributed by atoms with Crippen molar-refractivity contribution in [1.29, 1.82) is 0 Å². The first-order valence-corrected chi connectivity index (χ1v) is 11.0. The Morgan fingerprint density at radius 3 is 2.38 bits per heavy atom. The molecule has 10 heteroatoms. The monoisotopic (exact) mass is 456 g/mol. The molecule has 5 rings (SSSR count). The summed E-state index contributed by atoms with van der Waals surface area (Å²) in [6.07, 6.45) is 0. The maximum Gasteiger partial charge on any atom is 0.330 e. The van der Waals surface area contributed by atoms with Gasteiger partial charge >= 0.3 is 5.69 Å². The van der Waals surface area contributed by atoms with Gasteiger partial charge in [-0.25, -0.2) is 14.9 Å². The van der Waals surface area contributed by atoms with Crippen LogP contribution in [0.25, 0.3) is 33.7 Å². The number of nitrogens with zero attached hydrogens (tertiary/aromatic N) is 6. The third-order valence-electron chi connectivity index (χ3n) is 5.76. The number of imidazole rings is 1. The van der Waals surface area contributed by atoms with Crippen molar-refractivity contribution in [3.8, 4) is 22.5 Å². The number of fused-ring (bicyclic) bond motifs is 1. The van der Waals surface area contributed by atoms with Crippen molar-refractivity contribution in [3.05, 3.63) is 80.8 Å². The molecule has 2 N–H and O–H groups in total. The molecule has 0 unspecified atom stereocenters. The van der Waals surface area contributed by atoms with E-state index >= 15 is 0 Å². The highest BCUT2D eigenvalue weighted by atomic mass is 16.2. The maximum atomic E-state index is 12.7. The number of H-pyrrole nitrogens is 2. The summed E-state index contributed by atoms with van der Waals surface area (Å²) in [5.74, 6) is 1.52. The normalized spacial score (nSPS) is 11.5. The number of tetrazole rings is 1. The van der Waals surface area contributed by atoms with Crippen LogP contribution in [0.4, 0.5) is 0 Å². The maximum absolute atomic E-state index is 12.7. The lowest BCUT2D eigenvalue weighted by Gasteiger charge is -2.11. The summed E-state index contributed by atoms with van der Waals surface area (Å²) in [6, 6.07) is 16.0. The van der Waals surface area contributed by atoms with Gasteiger partial charge in [-0.1, -0.05) is 62.4 Å². The molecule has 172 valence electrons. The predicted octanol–water partition coefficient (Wildman–Crippen LogP) is 2.75. The molecule has 0 saturated carbocycles. The second kappa shape index (κ2) is 8.54. The van der Waals surface area contributed by atoms with Crippen LogP contribution in [0.15, 0.2) is 58.1 Å². The fourth-order valence-electron chi connectivity index (χ4n) is 4.20. The van der Waals surface area contributed by atoms with Gasteiger partial charge in [-0.15, -0.1) is 5.10 Å². The molecule has 0 atom stereocenters. The fourth-order valence-corrected chi connectivity index (χ4v) is 4.20. The van der Waals surface area contributed by atoms with Gasteiger partial charge in [-0.3, -0.25) is 14.3 Å². The van der Waals surface area contributed by atoms with Crippen molar-refractivity contribution in [2.75, 3.05) is 0 Å². The first-order chi connectivity index (χ1) is 16.4. The Labute approximate surface area is 194 Å². The Balaban J connectivity index is 1.52. The molecule has 0 spiro atoms. The Kier molecular flexibility index (Phi) is 5.40. The molecule has 0 fully saturated rings. The topological polar surface area (TPSA) is 127 Å². The Hall–Kier alpha value is -4.34. The van der Waals surface area contributed by atoms with Crippen molar-refractivity contribution in [3.63, 3.8) is 0 Å². The van der Waals surface area contributed by atoms with Gasteiger partial charge in [-0.2, -0.15) is 0 Å². The van der Waals surface area contributed by atoms with Crippen LogP contribution in [0.5, 0.6) is 0 Å². The number of benzene rings is 2. The number of rotatable bonds is 6. The first kappa shape index (κ1) is 21.5. The fraction of sp³-hybridized carbons (Fsp3) is 0.250.